The number of hydrogen-bond donors (Lipinski definition) is 1. The van der Waals surface area contributed by atoms with Crippen molar-refractivity contribution in [3.8, 4) is 11.5 Å². The minimum atomic E-state index is 0.110. The number of ether oxygens (including phenoxy) is 2. The zero-order valence-corrected chi connectivity index (χ0v) is 14.4. The van der Waals surface area contributed by atoms with Gasteiger partial charge in [0.2, 0.25) is 0 Å². The Bertz CT molecular complexity index is 421. The molecule has 0 radical (unpaired) electrons. The number of halogens is 1. The lowest BCUT2D eigenvalue weighted by molar-refractivity contribution is 0.219. The average molecular weight is 345 g/mol. The van der Waals surface area contributed by atoms with E-state index in [2.05, 4.69) is 34.7 Å². The second-order valence-corrected chi connectivity index (χ2v) is 5.72. The van der Waals surface area contributed by atoms with Crippen molar-refractivity contribution in [3.63, 3.8) is 0 Å². The standard InChI is InChI=1S/C15H25BrN2O2/c1-5-18(6-2)7-8-19-15-10-14(20-11(3)4)12(16)9-13(15)17/h9-11H,5-8,17H2,1-4H3. The van der Waals surface area contributed by atoms with Crippen molar-refractivity contribution >= 4 is 21.6 Å². The van der Waals surface area contributed by atoms with Crippen LogP contribution in [0.4, 0.5) is 5.69 Å². The van der Waals surface area contributed by atoms with Crippen LogP contribution in [0.5, 0.6) is 11.5 Å². The third-order valence-corrected chi connectivity index (χ3v) is 3.61. The molecule has 0 aliphatic carbocycles. The van der Waals surface area contributed by atoms with Crippen LogP contribution >= 0.6 is 15.9 Å². The molecule has 0 aromatic heterocycles. The summed E-state index contributed by atoms with van der Waals surface area (Å²) in [5, 5.41) is 0. The van der Waals surface area contributed by atoms with Crippen molar-refractivity contribution in [3.05, 3.63) is 16.6 Å². The fourth-order valence-electron chi connectivity index (χ4n) is 1.84. The van der Waals surface area contributed by atoms with E-state index < -0.39 is 0 Å². The number of anilines is 1. The van der Waals surface area contributed by atoms with Crippen LogP contribution in [0.3, 0.4) is 0 Å². The molecule has 1 aromatic rings. The molecular weight excluding hydrogens is 320 g/mol. The smallest absolute Gasteiger partial charge is 0.146 e. The molecule has 0 saturated carbocycles. The first-order chi connectivity index (χ1) is 9.47. The monoisotopic (exact) mass is 344 g/mol. The summed E-state index contributed by atoms with van der Waals surface area (Å²) in [6.07, 6.45) is 0.110. The number of benzene rings is 1. The van der Waals surface area contributed by atoms with Gasteiger partial charge in [0, 0.05) is 12.6 Å². The fourth-order valence-corrected chi connectivity index (χ4v) is 2.30. The molecule has 1 aromatic carbocycles. The molecular formula is C15H25BrN2O2. The van der Waals surface area contributed by atoms with Crippen LogP contribution in [0.15, 0.2) is 16.6 Å². The summed E-state index contributed by atoms with van der Waals surface area (Å²) in [6.45, 7) is 11.8. The highest BCUT2D eigenvalue weighted by atomic mass is 79.9. The maximum Gasteiger partial charge on any atom is 0.146 e. The van der Waals surface area contributed by atoms with Gasteiger partial charge < -0.3 is 20.1 Å². The third-order valence-electron chi connectivity index (χ3n) is 2.99. The number of likely N-dealkylation sites (N-methyl/N-ethyl adjacent to an activating group) is 1. The van der Waals surface area contributed by atoms with E-state index >= 15 is 0 Å². The largest absolute Gasteiger partial charge is 0.490 e. The van der Waals surface area contributed by atoms with E-state index in [0.717, 1.165) is 29.9 Å². The zero-order chi connectivity index (χ0) is 15.1. The maximum absolute atomic E-state index is 5.98. The molecule has 2 N–H and O–H groups in total. The number of rotatable bonds is 8. The van der Waals surface area contributed by atoms with E-state index in [1.807, 2.05) is 26.0 Å². The fraction of sp³-hybridized carbons (Fsp3) is 0.600. The maximum atomic E-state index is 5.98. The van der Waals surface area contributed by atoms with Crippen LogP contribution in [-0.4, -0.2) is 37.2 Å². The SMILES string of the molecule is CCN(CC)CCOc1cc(OC(C)C)c(Br)cc1N. The molecule has 0 bridgehead atoms. The zero-order valence-electron chi connectivity index (χ0n) is 12.8. The predicted molar refractivity (Wildman–Crippen MR) is 87.6 cm³/mol. The van der Waals surface area contributed by atoms with Crippen LogP contribution in [0, 0.1) is 0 Å². The van der Waals surface area contributed by atoms with Gasteiger partial charge in [0.15, 0.2) is 0 Å². The van der Waals surface area contributed by atoms with Crippen molar-refractivity contribution in [2.45, 2.75) is 33.8 Å². The van der Waals surface area contributed by atoms with Crippen molar-refractivity contribution < 1.29 is 9.47 Å². The van der Waals surface area contributed by atoms with E-state index in [4.69, 9.17) is 15.2 Å². The van der Waals surface area contributed by atoms with Crippen LogP contribution in [0.25, 0.3) is 0 Å². The van der Waals surface area contributed by atoms with Gasteiger partial charge in [-0.05, 0) is 48.9 Å². The molecule has 0 unspecified atom stereocenters. The Hall–Kier alpha value is -0.940. The molecule has 0 atom stereocenters. The van der Waals surface area contributed by atoms with Crippen molar-refractivity contribution in [1.82, 2.24) is 4.90 Å². The lowest BCUT2D eigenvalue weighted by Crippen LogP contribution is -2.28. The van der Waals surface area contributed by atoms with E-state index in [0.29, 0.717) is 18.0 Å². The van der Waals surface area contributed by atoms with Gasteiger partial charge in [-0.25, -0.2) is 0 Å². The van der Waals surface area contributed by atoms with E-state index in [-0.39, 0.29) is 6.10 Å². The van der Waals surface area contributed by atoms with Crippen molar-refractivity contribution in [1.29, 1.82) is 0 Å². The van der Waals surface area contributed by atoms with Crippen LogP contribution in [0.1, 0.15) is 27.7 Å². The number of nitrogens with zero attached hydrogens (tertiary/aromatic N) is 1. The lowest BCUT2D eigenvalue weighted by atomic mass is 10.2. The summed E-state index contributed by atoms with van der Waals surface area (Å²) in [5.74, 6) is 1.43. The highest BCUT2D eigenvalue weighted by Crippen LogP contribution is 2.35. The molecule has 0 spiro atoms. The summed E-state index contributed by atoms with van der Waals surface area (Å²) >= 11 is 3.45. The highest BCUT2D eigenvalue weighted by Gasteiger charge is 2.10. The Morgan fingerprint density at radius 2 is 1.85 bits per heavy atom. The van der Waals surface area contributed by atoms with Gasteiger partial charge in [0.25, 0.3) is 0 Å². The van der Waals surface area contributed by atoms with E-state index in [1.165, 1.54) is 0 Å². The molecule has 0 aliphatic heterocycles. The number of hydrogen-bond acceptors (Lipinski definition) is 4. The first-order valence-corrected chi connectivity index (χ1v) is 7.88. The Balaban J connectivity index is 2.69. The summed E-state index contributed by atoms with van der Waals surface area (Å²) in [7, 11) is 0. The van der Waals surface area contributed by atoms with Gasteiger partial charge >= 0.3 is 0 Å². The molecule has 114 valence electrons. The molecule has 1 rings (SSSR count). The van der Waals surface area contributed by atoms with Crippen LogP contribution < -0.4 is 15.2 Å². The lowest BCUT2D eigenvalue weighted by Gasteiger charge is -2.19. The predicted octanol–water partition coefficient (Wildman–Crippen LogP) is 3.54. The first kappa shape index (κ1) is 17.1. The summed E-state index contributed by atoms with van der Waals surface area (Å²) in [6, 6.07) is 3.67. The van der Waals surface area contributed by atoms with E-state index in [9.17, 15) is 0 Å². The topological polar surface area (TPSA) is 47.7 Å². The minimum Gasteiger partial charge on any atom is -0.490 e. The molecule has 0 amide bonds. The minimum absolute atomic E-state index is 0.110. The van der Waals surface area contributed by atoms with Gasteiger partial charge in [-0.1, -0.05) is 13.8 Å². The second kappa shape index (κ2) is 8.37. The number of nitrogens with two attached hydrogens (primary N) is 1. The molecule has 0 saturated heterocycles. The summed E-state index contributed by atoms with van der Waals surface area (Å²) < 4.78 is 12.3. The molecule has 20 heavy (non-hydrogen) atoms. The Labute approximate surface area is 130 Å². The Morgan fingerprint density at radius 1 is 1.20 bits per heavy atom. The quantitative estimate of drug-likeness (QED) is 0.732. The van der Waals surface area contributed by atoms with Gasteiger partial charge in [0.1, 0.15) is 18.1 Å². The molecule has 0 heterocycles. The highest BCUT2D eigenvalue weighted by molar-refractivity contribution is 9.10. The molecule has 5 heteroatoms. The third kappa shape index (κ3) is 5.21. The van der Waals surface area contributed by atoms with Crippen molar-refractivity contribution in [2.75, 3.05) is 32.0 Å². The Morgan fingerprint density at radius 3 is 2.40 bits per heavy atom. The number of nitrogen functional groups attached to an aromatic ring is 1. The van der Waals surface area contributed by atoms with Crippen molar-refractivity contribution in [2.24, 2.45) is 0 Å². The first-order valence-electron chi connectivity index (χ1n) is 7.08. The molecule has 0 aliphatic rings. The van der Waals surface area contributed by atoms with E-state index in [1.54, 1.807) is 0 Å². The normalized spacial score (nSPS) is 11.2. The Kier molecular flexibility index (Phi) is 7.16. The average Bonchev–Trinajstić information content (AvgIpc) is 2.39. The molecule has 0 fully saturated rings. The van der Waals surface area contributed by atoms with Gasteiger partial charge in [0.05, 0.1) is 16.3 Å². The van der Waals surface area contributed by atoms with Crippen LogP contribution in [0.2, 0.25) is 0 Å². The van der Waals surface area contributed by atoms with Gasteiger partial charge in [-0.3, -0.25) is 0 Å². The second-order valence-electron chi connectivity index (χ2n) is 4.86. The summed E-state index contributed by atoms with van der Waals surface area (Å²) in [5.41, 5.74) is 6.60. The van der Waals surface area contributed by atoms with Crippen LogP contribution in [-0.2, 0) is 0 Å². The van der Waals surface area contributed by atoms with Gasteiger partial charge in [-0.15, -0.1) is 0 Å². The summed E-state index contributed by atoms with van der Waals surface area (Å²) in [4.78, 5) is 2.31. The van der Waals surface area contributed by atoms with Gasteiger partial charge in [-0.2, -0.15) is 0 Å². The molecule has 4 nitrogen and oxygen atoms in total.